The molecule has 0 aromatic rings. The molecule has 0 bridgehead atoms. The van der Waals surface area contributed by atoms with Crippen molar-refractivity contribution in [1.82, 2.24) is 9.62 Å². The lowest BCUT2D eigenvalue weighted by molar-refractivity contribution is -0.120. The number of hydrogen-bond acceptors (Lipinski definition) is 4. The maximum absolute atomic E-state index is 11.2. The summed E-state index contributed by atoms with van der Waals surface area (Å²) in [6, 6.07) is 0. The van der Waals surface area contributed by atoms with Crippen LogP contribution in [0.1, 0.15) is 6.92 Å². The normalized spacial score (nSPS) is 14.1. The standard InChI is InChI=1S/C7H16N2O3S2/c1-6(13)7(10)8-4-5-14(11,12)9(2)3/h6,13H,4-5H2,1-3H3,(H,8,10). The minimum Gasteiger partial charge on any atom is -0.354 e. The fraction of sp³-hybridized carbons (Fsp3) is 0.857. The van der Waals surface area contributed by atoms with Gasteiger partial charge in [0.05, 0.1) is 11.0 Å². The predicted octanol–water partition coefficient (Wildman–Crippen LogP) is -0.688. The Morgan fingerprint density at radius 3 is 2.36 bits per heavy atom. The second-order valence-electron chi connectivity index (χ2n) is 3.07. The molecular formula is C7H16N2O3S2. The Kier molecular flexibility index (Phi) is 5.46. The van der Waals surface area contributed by atoms with Gasteiger partial charge >= 0.3 is 0 Å². The Hall–Kier alpha value is -0.270. The van der Waals surface area contributed by atoms with E-state index >= 15 is 0 Å². The molecule has 1 amide bonds. The van der Waals surface area contributed by atoms with E-state index in [0.29, 0.717) is 0 Å². The summed E-state index contributed by atoms with van der Waals surface area (Å²) in [4.78, 5) is 11.0. The Bertz CT molecular complexity index is 285. The second-order valence-corrected chi connectivity index (χ2v) is 6.14. The maximum atomic E-state index is 11.2. The Morgan fingerprint density at radius 1 is 1.50 bits per heavy atom. The molecule has 1 atom stereocenters. The van der Waals surface area contributed by atoms with E-state index in [4.69, 9.17) is 0 Å². The highest BCUT2D eigenvalue weighted by Gasteiger charge is 2.14. The van der Waals surface area contributed by atoms with Crippen LogP contribution in [0.4, 0.5) is 0 Å². The lowest BCUT2D eigenvalue weighted by atomic mass is 10.4. The lowest BCUT2D eigenvalue weighted by Gasteiger charge is -2.12. The smallest absolute Gasteiger partial charge is 0.232 e. The number of nitrogens with zero attached hydrogens (tertiary/aromatic N) is 1. The molecule has 1 unspecified atom stereocenters. The van der Waals surface area contributed by atoms with Crippen molar-refractivity contribution in [3.63, 3.8) is 0 Å². The summed E-state index contributed by atoms with van der Waals surface area (Å²) in [6.07, 6.45) is 0. The molecule has 7 heteroatoms. The zero-order valence-electron chi connectivity index (χ0n) is 8.52. The number of amides is 1. The minimum atomic E-state index is -3.23. The zero-order chi connectivity index (χ0) is 11.4. The Balaban J connectivity index is 3.93. The van der Waals surface area contributed by atoms with Crippen molar-refractivity contribution in [2.45, 2.75) is 12.2 Å². The van der Waals surface area contributed by atoms with Crippen molar-refractivity contribution in [1.29, 1.82) is 0 Å². The zero-order valence-corrected chi connectivity index (χ0v) is 10.2. The van der Waals surface area contributed by atoms with Crippen LogP contribution in [0.2, 0.25) is 0 Å². The topological polar surface area (TPSA) is 66.5 Å². The van der Waals surface area contributed by atoms with E-state index in [2.05, 4.69) is 17.9 Å². The van der Waals surface area contributed by atoms with Gasteiger partial charge in [-0.25, -0.2) is 12.7 Å². The summed E-state index contributed by atoms with van der Waals surface area (Å²) in [5, 5.41) is 2.05. The van der Waals surface area contributed by atoms with Crippen molar-refractivity contribution < 1.29 is 13.2 Å². The van der Waals surface area contributed by atoms with E-state index in [1.807, 2.05) is 0 Å². The first kappa shape index (κ1) is 13.7. The molecule has 0 saturated carbocycles. The van der Waals surface area contributed by atoms with Gasteiger partial charge in [-0.3, -0.25) is 4.79 Å². The van der Waals surface area contributed by atoms with E-state index in [-0.39, 0.29) is 18.2 Å². The van der Waals surface area contributed by atoms with Crippen LogP contribution in [0.5, 0.6) is 0 Å². The van der Waals surface area contributed by atoms with Gasteiger partial charge in [0.2, 0.25) is 15.9 Å². The van der Waals surface area contributed by atoms with Crippen molar-refractivity contribution in [2.24, 2.45) is 0 Å². The van der Waals surface area contributed by atoms with Gasteiger partial charge in [-0.2, -0.15) is 12.6 Å². The summed E-state index contributed by atoms with van der Waals surface area (Å²) in [6.45, 7) is 1.74. The SMILES string of the molecule is CC(S)C(=O)NCCS(=O)(=O)N(C)C. The van der Waals surface area contributed by atoms with E-state index in [1.54, 1.807) is 6.92 Å². The average molecular weight is 240 g/mol. The number of nitrogens with one attached hydrogen (secondary N) is 1. The molecule has 0 heterocycles. The van der Waals surface area contributed by atoms with Gasteiger partial charge in [-0.1, -0.05) is 0 Å². The van der Waals surface area contributed by atoms with Gasteiger partial charge in [0, 0.05) is 20.6 Å². The molecule has 0 aliphatic heterocycles. The highest BCUT2D eigenvalue weighted by atomic mass is 32.2. The largest absolute Gasteiger partial charge is 0.354 e. The number of sulfonamides is 1. The summed E-state index contributed by atoms with van der Waals surface area (Å²) < 4.78 is 23.6. The molecule has 14 heavy (non-hydrogen) atoms. The fourth-order valence-electron chi connectivity index (χ4n) is 0.633. The van der Waals surface area contributed by atoms with Crippen LogP contribution in [0, 0.1) is 0 Å². The van der Waals surface area contributed by atoms with Crippen molar-refractivity contribution in [3.8, 4) is 0 Å². The first-order chi connectivity index (χ1) is 6.27. The van der Waals surface area contributed by atoms with E-state index < -0.39 is 15.3 Å². The van der Waals surface area contributed by atoms with E-state index in [9.17, 15) is 13.2 Å². The predicted molar refractivity (Wildman–Crippen MR) is 58.9 cm³/mol. The summed E-state index contributed by atoms with van der Waals surface area (Å²) in [7, 11) is -0.312. The average Bonchev–Trinajstić information content (AvgIpc) is 2.03. The third-order valence-corrected chi connectivity index (χ3v) is 3.66. The molecule has 5 nitrogen and oxygen atoms in total. The first-order valence-electron chi connectivity index (χ1n) is 4.13. The van der Waals surface area contributed by atoms with Crippen LogP contribution in [0.25, 0.3) is 0 Å². The molecule has 0 saturated heterocycles. The van der Waals surface area contributed by atoms with Gasteiger partial charge in [0.25, 0.3) is 0 Å². The Labute approximate surface area is 90.3 Å². The van der Waals surface area contributed by atoms with Crippen LogP contribution in [0.15, 0.2) is 0 Å². The van der Waals surface area contributed by atoms with Gasteiger partial charge in [-0.05, 0) is 6.92 Å². The van der Waals surface area contributed by atoms with Gasteiger partial charge < -0.3 is 5.32 Å². The van der Waals surface area contributed by atoms with Gasteiger partial charge in [0.1, 0.15) is 0 Å². The minimum absolute atomic E-state index is 0.0910. The third kappa shape index (κ3) is 4.83. The highest BCUT2D eigenvalue weighted by Crippen LogP contribution is 1.94. The number of hydrogen-bond donors (Lipinski definition) is 2. The fourth-order valence-corrected chi connectivity index (χ4v) is 1.45. The summed E-state index contributed by atoms with van der Waals surface area (Å²) >= 11 is 3.91. The molecule has 1 N–H and O–H groups in total. The molecule has 0 aliphatic carbocycles. The molecule has 0 spiro atoms. The third-order valence-electron chi connectivity index (χ3n) is 1.60. The molecule has 0 radical (unpaired) electrons. The van der Waals surface area contributed by atoms with E-state index in [1.165, 1.54) is 14.1 Å². The molecule has 0 fully saturated rings. The van der Waals surface area contributed by atoms with Gasteiger partial charge in [0.15, 0.2) is 0 Å². The molecule has 0 aromatic heterocycles. The van der Waals surface area contributed by atoms with Crippen LogP contribution in [-0.4, -0.2) is 50.3 Å². The maximum Gasteiger partial charge on any atom is 0.232 e. The molecule has 0 aromatic carbocycles. The van der Waals surface area contributed by atoms with E-state index in [0.717, 1.165) is 4.31 Å². The lowest BCUT2D eigenvalue weighted by Crippen LogP contribution is -2.36. The Morgan fingerprint density at radius 2 is 2.00 bits per heavy atom. The monoisotopic (exact) mass is 240 g/mol. The highest BCUT2D eigenvalue weighted by molar-refractivity contribution is 7.89. The first-order valence-corrected chi connectivity index (χ1v) is 6.26. The van der Waals surface area contributed by atoms with Crippen molar-refractivity contribution in [3.05, 3.63) is 0 Å². The quantitative estimate of drug-likeness (QED) is 0.625. The molecule has 0 rings (SSSR count). The van der Waals surface area contributed by atoms with Crippen LogP contribution in [-0.2, 0) is 14.8 Å². The van der Waals surface area contributed by atoms with Crippen LogP contribution in [0.3, 0.4) is 0 Å². The number of carbonyl (C=O) groups excluding carboxylic acids is 1. The van der Waals surface area contributed by atoms with Gasteiger partial charge in [-0.15, -0.1) is 0 Å². The molecular weight excluding hydrogens is 224 g/mol. The van der Waals surface area contributed by atoms with Crippen molar-refractivity contribution >= 4 is 28.6 Å². The number of carbonyl (C=O) groups is 1. The summed E-state index contributed by atoms with van der Waals surface area (Å²) in [5.41, 5.74) is 0. The number of rotatable bonds is 5. The van der Waals surface area contributed by atoms with Crippen LogP contribution >= 0.6 is 12.6 Å². The molecule has 84 valence electrons. The van der Waals surface area contributed by atoms with Crippen LogP contribution < -0.4 is 5.32 Å². The molecule has 0 aliphatic rings. The number of thiol groups is 1. The summed E-state index contributed by atoms with van der Waals surface area (Å²) in [5.74, 6) is -0.353. The van der Waals surface area contributed by atoms with Crippen molar-refractivity contribution in [2.75, 3.05) is 26.4 Å². The second kappa shape index (κ2) is 5.57.